The molecule has 0 aliphatic heterocycles. The maximum absolute atomic E-state index is 12.4. The zero-order valence-corrected chi connectivity index (χ0v) is 15.1. The summed E-state index contributed by atoms with van der Waals surface area (Å²) >= 11 is 0. The first kappa shape index (κ1) is 19.3. The van der Waals surface area contributed by atoms with E-state index < -0.39 is 10.8 Å². The molecule has 4 heteroatoms. The first-order valence-corrected chi connectivity index (χ1v) is 9.73. The summed E-state index contributed by atoms with van der Waals surface area (Å²) in [6.45, 7) is 6.19. The zero-order chi connectivity index (χ0) is 16.5. The maximum Gasteiger partial charge on any atom is 0.143 e. The molecule has 22 heavy (non-hydrogen) atoms. The van der Waals surface area contributed by atoms with Gasteiger partial charge in [-0.2, -0.15) is 0 Å². The number of hydrogen-bond acceptors (Lipinski definition) is 3. The normalized spacial score (nSPS) is 20.4. The molecule has 0 spiro atoms. The highest BCUT2D eigenvalue weighted by Gasteiger charge is 2.21. The smallest absolute Gasteiger partial charge is 0.143 e. The number of allylic oxidation sites excluding steroid dienone is 3. The Bertz CT molecular complexity index is 446. The molecule has 126 valence electrons. The van der Waals surface area contributed by atoms with Crippen LogP contribution in [0.3, 0.4) is 0 Å². The molecule has 0 saturated heterocycles. The summed E-state index contributed by atoms with van der Waals surface area (Å²) in [6.07, 6.45) is 9.48. The molecule has 1 rings (SSSR count). The second-order valence-electron chi connectivity index (χ2n) is 6.35. The highest BCUT2D eigenvalue weighted by Crippen LogP contribution is 2.25. The van der Waals surface area contributed by atoms with Crippen molar-refractivity contribution in [3.05, 3.63) is 22.0 Å². The summed E-state index contributed by atoms with van der Waals surface area (Å²) in [5, 5.41) is 1.91. The van der Waals surface area contributed by atoms with Crippen molar-refractivity contribution in [3.8, 4) is 0 Å². The quantitative estimate of drug-likeness (QED) is 0.732. The van der Waals surface area contributed by atoms with E-state index in [1.54, 1.807) is 0 Å². The second kappa shape index (κ2) is 10.1. The van der Waals surface area contributed by atoms with Gasteiger partial charge in [0.2, 0.25) is 0 Å². The van der Waals surface area contributed by atoms with Crippen LogP contribution in [0.4, 0.5) is 0 Å². The molecule has 2 N–H and O–H groups in total. The van der Waals surface area contributed by atoms with Crippen molar-refractivity contribution in [2.24, 2.45) is 17.6 Å². The van der Waals surface area contributed by atoms with Crippen molar-refractivity contribution in [2.45, 2.75) is 65.7 Å². The third kappa shape index (κ3) is 6.17. The third-order valence-corrected chi connectivity index (χ3v) is 5.65. The Hall–Kier alpha value is -0.740. The maximum atomic E-state index is 12.4. The average Bonchev–Trinajstić information content (AvgIpc) is 2.53. The van der Waals surface area contributed by atoms with E-state index in [0.717, 1.165) is 30.6 Å². The minimum atomic E-state index is -1.10. The van der Waals surface area contributed by atoms with Gasteiger partial charge in [-0.25, -0.2) is 0 Å². The number of rotatable bonds is 8. The van der Waals surface area contributed by atoms with E-state index in [4.69, 9.17) is 5.73 Å². The topological polar surface area (TPSA) is 60.2 Å². The van der Waals surface area contributed by atoms with Crippen LogP contribution in [0.2, 0.25) is 0 Å². The van der Waals surface area contributed by atoms with Crippen LogP contribution >= 0.6 is 0 Å². The molecule has 3 unspecified atom stereocenters. The molecule has 1 aliphatic carbocycles. The summed E-state index contributed by atoms with van der Waals surface area (Å²) in [4.78, 5) is 13.2. The van der Waals surface area contributed by atoms with E-state index in [1.807, 2.05) is 25.3 Å². The Morgan fingerprint density at radius 3 is 2.50 bits per heavy atom. The Morgan fingerprint density at radius 1 is 1.32 bits per heavy atom. The van der Waals surface area contributed by atoms with E-state index in [1.165, 1.54) is 24.8 Å². The van der Waals surface area contributed by atoms with Gasteiger partial charge in [-0.15, -0.1) is 0 Å². The number of Topliss-reactive ketones (excluding diaryl/α,β-unsaturated/α-hetero) is 1. The van der Waals surface area contributed by atoms with Crippen molar-refractivity contribution >= 4 is 16.6 Å². The van der Waals surface area contributed by atoms with Crippen molar-refractivity contribution in [2.75, 3.05) is 6.54 Å². The number of nitrogens with two attached hydrogens (primary N) is 1. The minimum Gasteiger partial charge on any atom is -0.330 e. The van der Waals surface area contributed by atoms with E-state index in [-0.39, 0.29) is 17.6 Å². The minimum absolute atomic E-state index is 0.134. The molecule has 0 radical (unpaired) electrons. The number of hydrogen-bond donors (Lipinski definition) is 1. The lowest BCUT2D eigenvalue weighted by atomic mass is 9.90. The van der Waals surface area contributed by atoms with Gasteiger partial charge in [0.25, 0.3) is 0 Å². The molecule has 0 aromatic heterocycles. The molecule has 0 heterocycles. The van der Waals surface area contributed by atoms with Crippen molar-refractivity contribution in [1.29, 1.82) is 0 Å². The van der Waals surface area contributed by atoms with Crippen LogP contribution in [-0.2, 0) is 15.6 Å². The molecule has 1 aliphatic rings. The number of ketones is 1. The summed E-state index contributed by atoms with van der Waals surface area (Å²) in [6, 6.07) is 0. The molecule has 1 fully saturated rings. The molecule has 0 bridgehead atoms. The average molecular weight is 326 g/mol. The second-order valence-corrected chi connectivity index (χ2v) is 7.82. The Kier molecular flexibility index (Phi) is 8.88. The summed E-state index contributed by atoms with van der Waals surface area (Å²) in [5.41, 5.74) is 6.92. The van der Waals surface area contributed by atoms with E-state index >= 15 is 0 Å². The molecule has 1 saturated carbocycles. The fourth-order valence-electron chi connectivity index (χ4n) is 2.82. The van der Waals surface area contributed by atoms with Crippen LogP contribution in [0.25, 0.3) is 0 Å². The Labute approximate surface area is 137 Å². The van der Waals surface area contributed by atoms with E-state index in [2.05, 4.69) is 6.92 Å². The monoisotopic (exact) mass is 325 g/mol. The van der Waals surface area contributed by atoms with E-state index in [9.17, 15) is 9.00 Å². The van der Waals surface area contributed by atoms with Crippen LogP contribution in [-0.4, -0.2) is 16.5 Å². The molecular formula is C18H31NO2S. The van der Waals surface area contributed by atoms with Gasteiger partial charge in [0.05, 0.1) is 10.8 Å². The fourth-order valence-corrected chi connectivity index (χ4v) is 3.84. The van der Waals surface area contributed by atoms with Gasteiger partial charge >= 0.3 is 0 Å². The fraction of sp³-hybridized carbons (Fsp3) is 0.722. The molecule has 0 amide bonds. The van der Waals surface area contributed by atoms with Gasteiger partial charge in [-0.1, -0.05) is 38.3 Å². The van der Waals surface area contributed by atoms with Gasteiger partial charge in [-0.3, -0.25) is 9.00 Å². The van der Waals surface area contributed by atoms with E-state index in [0.29, 0.717) is 6.54 Å². The van der Waals surface area contributed by atoms with Gasteiger partial charge in [0.15, 0.2) is 0 Å². The number of carbonyl (C=O) groups excluding carboxylic acids is 1. The lowest BCUT2D eigenvalue weighted by Gasteiger charge is -2.16. The third-order valence-electron chi connectivity index (χ3n) is 4.33. The predicted molar refractivity (Wildman–Crippen MR) is 94.7 cm³/mol. The largest absolute Gasteiger partial charge is 0.330 e. The lowest BCUT2D eigenvalue weighted by Crippen LogP contribution is -2.26. The van der Waals surface area contributed by atoms with Crippen LogP contribution in [0.15, 0.2) is 22.0 Å². The molecular weight excluding hydrogens is 294 g/mol. The van der Waals surface area contributed by atoms with Crippen molar-refractivity contribution < 1.29 is 9.00 Å². The SMILES string of the molecule is CCCC(/C=C(\C)S(=O)C=C1CCCCC1)C(=O)C(C)CN. The van der Waals surface area contributed by atoms with Crippen molar-refractivity contribution in [1.82, 2.24) is 0 Å². The van der Waals surface area contributed by atoms with Crippen LogP contribution in [0.5, 0.6) is 0 Å². The lowest BCUT2D eigenvalue weighted by molar-refractivity contribution is -0.124. The predicted octanol–water partition coefficient (Wildman–Crippen LogP) is 4.07. The highest BCUT2D eigenvalue weighted by atomic mass is 32.2. The van der Waals surface area contributed by atoms with Gasteiger partial charge < -0.3 is 5.73 Å². The number of carbonyl (C=O) groups is 1. The Balaban J connectivity index is 2.80. The summed E-state index contributed by atoms with van der Waals surface area (Å²) in [7, 11) is -1.10. The first-order valence-electron chi connectivity index (χ1n) is 8.51. The summed E-state index contributed by atoms with van der Waals surface area (Å²) in [5.74, 6) is -0.117. The molecule has 3 atom stereocenters. The first-order chi connectivity index (χ1) is 10.5. The zero-order valence-electron chi connectivity index (χ0n) is 14.3. The highest BCUT2D eigenvalue weighted by molar-refractivity contribution is 7.91. The molecule has 0 aromatic carbocycles. The summed E-state index contributed by atoms with van der Waals surface area (Å²) < 4.78 is 12.4. The van der Waals surface area contributed by atoms with Crippen LogP contribution < -0.4 is 5.73 Å². The molecule has 0 aromatic rings. The van der Waals surface area contributed by atoms with Crippen LogP contribution in [0.1, 0.15) is 65.7 Å². The standard InChI is InChI=1S/C18H31NO2S/c1-4-8-17(18(20)14(2)12-19)11-15(3)22(21)13-16-9-6-5-7-10-16/h11,13-14,17H,4-10,12,19H2,1-3H3/b15-11+. The molecule has 3 nitrogen and oxygen atoms in total. The van der Waals surface area contributed by atoms with Crippen molar-refractivity contribution in [3.63, 3.8) is 0 Å². The van der Waals surface area contributed by atoms with Gasteiger partial charge in [-0.05, 0) is 39.0 Å². The van der Waals surface area contributed by atoms with Gasteiger partial charge in [0, 0.05) is 28.7 Å². The van der Waals surface area contributed by atoms with Crippen LogP contribution in [0, 0.1) is 11.8 Å². The Morgan fingerprint density at radius 2 is 1.95 bits per heavy atom. The van der Waals surface area contributed by atoms with Gasteiger partial charge in [0.1, 0.15) is 5.78 Å².